The van der Waals surface area contributed by atoms with E-state index in [4.69, 9.17) is 41.9 Å². The maximum atomic E-state index is 7.90. The first kappa shape index (κ1) is 23.0. The Labute approximate surface area is 221 Å². The number of rotatable bonds is 5. The summed E-state index contributed by atoms with van der Waals surface area (Å²) in [4.78, 5) is 16.3. The summed E-state index contributed by atoms with van der Waals surface area (Å²) in [5.74, 6) is 0.193. The quantitative estimate of drug-likeness (QED) is 0.271. The lowest BCUT2D eigenvalue weighted by atomic mass is 10.0. The van der Waals surface area contributed by atoms with Gasteiger partial charge in [-0.25, -0.2) is 9.67 Å². The number of H-pyrrole nitrogens is 2. The van der Waals surface area contributed by atoms with Crippen LogP contribution in [0.15, 0.2) is 54.6 Å². The fraction of sp³-hybridized carbons (Fsp3) is 0.231. The van der Waals surface area contributed by atoms with E-state index < -0.39 is 0 Å². The lowest BCUT2D eigenvalue weighted by molar-refractivity contribution is 0.0273. The Morgan fingerprint density at radius 2 is 1.74 bits per heavy atom. The number of hydrogen-bond donors (Lipinski definition) is 4. The summed E-state index contributed by atoms with van der Waals surface area (Å²) in [6, 6.07) is 17.9. The van der Waals surface area contributed by atoms with Crippen LogP contribution in [0.2, 0.25) is 5.02 Å². The molecule has 7 rings (SSSR count). The number of benzene rings is 2. The van der Waals surface area contributed by atoms with Crippen LogP contribution in [0.4, 0.5) is 5.95 Å². The zero-order chi connectivity index (χ0) is 25.8. The van der Waals surface area contributed by atoms with Gasteiger partial charge in [-0.2, -0.15) is 9.97 Å². The van der Waals surface area contributed by atoms with E-state index in [2.05, 4.69) is 20.1 Å². The second kappa shape index (κ2) is 8.98. The first-order chi connectivity index (χ1) is 18.5. The summed E-state index contributed by atoms with van der Waals surface area (Å²) in [5, 5.41) is 11.2. The van der Waals surface area contributed by atoms with Gasteiger partial charge in [0.15, 0.2) is 11.8 Å². The molecule has 3 atom stereocenters. The van der Waals surface area contributed by atoms with Crippen LogP contribution in [-0.4, -0.2) is 61.2 Å². The van der Waals surface area contributed by atoms with Gasteiger partial charge in [-0.3, -0.25) is 10.5 Å². The van der Waals surface area contributed by atoms with E-state index in [1.165, 1.54) is 4.68 Å². The Morgan fingerprint density at radius 3 is 2.47 bits per heavy atom. The number of pyridine rings is 1. The van der Waals surface area contributed by atoms with Crippen molar-refractivity contribution in [2.45, 2.75) is 24.7 Å². The van der Waals surface area contributed by atoms with Crippen LogP contribution >= 0.6 is 11.6 Å². The molecule has 2 saturated heterocycles. The molecule has 5 aromatic rings. The van der Waals surface area contributed by atoms with Crippen molar-refractivity contribution in [3.63, 3.8) is 0 Å². The number of anilines is 1. The number of nitrogens with zero attached hydrogens (tertiary/aromatic N) is 4. The van der Waals surface area contributed by atoms with E-state index >= 15 is 0 Å². The summed E-state index contributed by atoms with van der Waals surface area (Å²) < 4.78 is 19.1. The number of nitrogens with one attached hydrogen (secondary N) is 3. The average Bonchev–Trinajstić information content (AvgIpc) is 3.69. The molecule has 0 aliphatic carbocycles. The fourth-order valence-electron chi connectivity index (χ4n) is 5.00. The molecule has 2 aliphatic heterocycles. The van der Waals surface area contributed by atoms with Crippen LogP contribution in [0, 0.1) is 5.41 Å². The Balaban J connectivity index is 1.12. The normalized spacial score (nSPS) is 20.7. The van der Waals surface area contributed by atoms with Crippen molar-refractivity contribution >= 4 is 28.7 Å². The summed E-state index contributed by atoms with van der Waals surface area (Å²) in [5.41, 5.74) is 11.2. The van der Waals surface area contributed by atoms with Gasteiger partial charge in [0.25, 0.3) is 6.01 Å². The van der Waals surface area contributed by atoms with Crippen molar-refractivity contribution in [2.75, 3.05) is 18.9 Å². The number of imidazole rings is 1. The zero-order valence-corrected chi connectivity index (χ0v) is 20.8. The van der Waals surface area contributed by atoms with Crippen LogP contribution in [0.3, 0.4) is 0 Å². The monoisotopic (exact) mass is 530 g/mol. The van der Waals surface area contributed by atoms with E-state index in [0.29, 0.717) is 41.1 Å². The summed E-state index contributed by atoms with van der Waals surface area (Å²) in [7, 11) is 0. The van der Waals surface area contributed by atoms with Gasteiger partial charge in [0.1, 0.15) is 6.10 Å². The van der Waals surface area contributed by atoms with Gasteiger partial charge in [-0.05, 0) is 35.7 Å². The van der Waals surface area contributed by atoms with Crippen molar-refractivity contribution < 1.29 is 14.2 Å². The standard InChI is InChI=1S/C26H23ClN8O3/c27-17-11-18-23(32-26(30-18)38-20-12-37-19-9-10-36-22(19)20)31-21(17)15-3-1-13(2-4-15)14-5-7-16(8-6-14)35-25(29)33-24(28)34-35/h1-8,11,19-20,22H,9-10,12H2,(H,30,31,32)(H4,28,29,33,34)/t19-,20?,22+/m1/s1. The second-order valence-corrected chi connectivity index (χ2v) is 9.68. The Morgan fingerprint density at radius 1 is 1.00 bits per heavy atom. The van der Waals surface area contributed by atoms with Crippen molar-refractivity contribution in [1.29, 1.82) is 5.41 Å². The van der Waals surface area contributed by atoms with Crippen molar-refractivity contribution in [2.24, 2.45) is 0 Å². The van der Waals surface area contributed by atoms with Crippen LogP contribution in [0.25, 0.3) is 39.2 Å². The Bertz CT molecular complexity index is 1690. The third-order valence-corrected chi connectivity index (χ3v) is 7.16. The Hall–Kier alpha value is -4.19. The molecule has 1 unspecified atom stereocenters. The van der Waals surface area contributed by atoms with Crippen molar-refractivity contribution in [1.82, 2.24) is 29.7 Å². The molecule has 3 aromatic heterocycles. The van der Waals surface area contributed by atoms with Gasteiger partial charge >= 0.3 is 0 Å². The minimum absolute atomic E-state index is 0.0422. The van der Waals surface area contributed by atoms with E-state index in [9.17, 15) is 0 Å². The molecule has 2 aliphatic rings. The molecule has 12 heteroatoms. The van der Waals surface area contributed by atoms with Crippen LogP contribution in [0.5, 0.6) is 6.01 Å². The van der Waals surface area contributed by atoms with Crippen molar-refractivity contribution in [3.05, 3.63) is 65.2 Å². The maximum absolute atomic E-state index is 7.90. The highest BCUT2D eigenvalue weighted by atomic mass is 35.5. The third kappa shape index (κ3) is 4.01. The highest BCUT2D eigenvalue weighted by Gasteiger charge is 2.43. The van der Waals surface area contributed by atoms with Gasteiger partial charge in [0, 0.05) is 12.2 Å². The van der Waals surface area contributed by atoms with Crippen molar-refractivity contribution in [3.8, 4) is 34.1 Å². The number of halogens is 1. The SMILES string of the molecule is N=c1nc(N)[nH]n1-c1ccc(-c2ccc(-c3nc4nc(OC5CO[C@@H]6CCO[C@H]56)[nH]c4cc3Cl)cc2)cc1. The van der Waals surface area contributed by atoms with Gasteiger partial charge in [-0.1, -0.05) is 48.0 Å². The van der Waals surface area contributed by atoms with Crippen LogP contribution < -0.4 is 16.1 Å². The van der Waals surface area contributed by atoms with Crippen LogP contribution in [-0.2, 0) is 9.47 Å². The fourth-order valence-corrected chi connectivity index (χ4v) is 5.26. The predicted octanol–water partition coefficient (Wildman–Crippen LogP) is 3.46. The van der Waals surface area contributed by atoms with Crippen LogP contribution in [0.1, 0.15) is 6.42 Å². The summed E-state index contributed by atoms with van der Waals surface area (Å²) in [6.07, 6.45) is 0.713. The first-order valence-corrected chi connectivity index (χ1v) is 12.6. The molecule has 0 amide bonds. The highest BCUT2D eigenvalue weighted by Crippen LogP contribution is 2.33. The molecular formula is C26H23ClN8O3. The summed E-state index contributed by atoms with van der Waals surface area (Å²) >= 11 is 6.61. The minimum atomic E-state index is -0.204. The van der Waals surface area contributed by atoms with Gasteiger partial charge in [0.05, 0.1) is 34.6 Å². The van der Waals surface area contributed by atoms with E-state index in [1.54, 1.807) is 0 Å². The largest absolute Gasteiger partial charge is 0.456 e. The number of aromatic nitrogens is 6. The summed E-state index contributed by atoms with van der Waals surface area (Å²) in [6.45, 7) is 1.16. The minimum Gasteiger partial charge on any atom is -0.456 e. The number of fused-ring (bicyclic) bond motifs is 2. The van der Waals surface area contributed by atoms with E-state index in [0.717, 1.165) is 28.8 Å². The number of nitrogens with two attached hydrogens (primary N) is 1. The lowest BCUT2D eigenvalue weighted by Gasteiger charge is -2.15. The molecular weight excluding hydrogens is 508 g/mol. The van der Waals surface area contributed by atoms with E-state index in [-0.39, 0.29) is 29.9 Å². The predicted molar refractivity (Wildman–Crippen MR) is 140 cm³/mol. The van der Waals surface area contributed by atoms with E-state index in [1.807, 2.05) is 54.6 Å². The number of aromatic amines is 2. The highest BCUT2D eigenvalue weighted by molar-refractivity contribution is 6.33. The first-order valence-electron chi connectivity index (χ1n) is 12.2. The molecule has 0 saturated carbocycles. The number of nitrogen functional groups attached to an aromatic ring is 1. The molecule has 2 aromatic carbocycles. The zero-order valence-electron chi connectivity index (χ0n) is 20.0. The topological polar surface area (TPSA) is 153 Å². The molecule has 38 heavy (non-hydrogen) atoms. The molecule has 0 spiro atoms. The molecule has 192 valence electrons. The number of hydrogen-bond acceptors (Lipinski definition) is 8. The lowest BCUT2D eigenvalue weighted by Crippen LogP contribution is -2.32. The maximum Gasteiger partial charge on any atom is 0.296 e. The molecule has 11 nitrogen and oxygen atoms in total. The molecule has 5 N–H and O–H groups in total. The second-order valence-electron chi connectivity index (χ2n) is 9.28. The average molecular weight is 531 g/mol. The van der Waals surface area contributed by atoms with Gasteiger partial charge in [-0.15, -0.1) is 0 Å². The molecule has 0 radical (unpaired) electrons. The number of ether oxygens (including phenoxy) is 3. The smallest absolute Gasteiger partial charge is 0.296 e. The molecule has 2 fully saturated rings. The molecule has 5 heterocycles. The van der Waals surface area contributed by atoms with Gasteiger partial charge in [0.2, 0.25) is 11.6 Å². The Kier molecular flexibility index (Phi) is 5.43. The molecule has 0 bridgehead atoms. The van der Waals surface area contributed by atoms with Gasteiger partial charge < -0.3 is 24.9 Å². The third-order valence-electron chi connectivity index (χ3n) is 6.87.